The topological polar surface area (TPSA) is 9.86 Å². The van der Waals surface area contributed by atoms with Crippen LogP contribution in [0.5, 0.6) is 0 Å². The monoisotopic (exact) mass is 488 g/mol. The van der Waals surface area contributed by atoms with Gasteiger partial charge in [-0.3, -0.25) is 0 Å². The summed E-state index contributed by atoms with van der Waals surface area (Å²) in [5.41, 5.74) is 11.0. The first kappa shape index (κ1) is 23.3. The van der Waals surface area contributed by atoms with Crippen LogP contribution in [0, 0.1) is 0 Å². The summed E-state index contributed by atoms with van der Waals surface area (Å²) in [5, 5.41) is 2.29. The number of aromatic nitrogens is 2. The average molecular weight is 489 g/mol. The van der Waals surface area contributed by atoms with Gasteiger partial charge in [0.15, 0.2) is 0 Å². The quantitative estimate of drug-likeness (QED) is 0.212. The smallest absolute Gasteiger partial charge is 0.0541 e. The largest absolute Gasteiger partial charge is 0.309 e. The number of para-hydroxylation sites is 2. The van der Waals surface area contributed by atoms with Gasteiger partial charge >= 0.3 is 0 Å². The predicted molar refractivity (Wildman–Crippen MR) is 166 cm³/mol. The molecule has 0 amide bonds. The van der Waals surface area contributed by atoms with Gasteiger partial charge in [-0.2, -0.15) is 0 Å². The second-order valence-electron chi connectivity index (χ2n) is 9.22. The van der Waals surface area contributed by atoms with Crippen molar-refractivity contribution >= 4 is 46.1 Å². The van der Waals surface area contributed by atoms with Gasteiger partial charge in [-0.1, -0.05) is 87.0 Å². The van der Waals surface area contributed by atoms with Crippen molar-refractivity contribution in [2.45, 2.75) is 0 Å². The molecule has 0 aliphatic carbocycles. The summed E-state index contributed by atoms with van der Waals surface area (Å²) in [6.45, 7) is 16.5. The number of rotatable bonds is 7. The lowest BCUT2D eigenvalue weighted by Gasteiger charge is -2.10. The molecule has 0 spiro atoms. The van der Waals surface area contributed by atoms with E-state index in [4.69, 9.17) is 0 Å². The van der Waals surface area contributed by atoms with E-state index in [9.17, 15) is 0 Å². The average Bonchev–Trinajstić information content (AvgIpc) is 3.48. The fraction of sp³-hybridized carbons (Fsp3) is 0. The van der Waals surface area contributed by atoms with Gasteiger partial charge in [0, 0.05) is 33.3 Å². The summed E-state index contributed by atoms with van der Waals surface area (Å²) in [4.78, 5) is 0. The molecule has 0 atom stereocenters. The summed E-state index contributed by atoms with van der Waals surface area (Å²) in [6, 6.07) is 34.1. The molecule has 0 saturated carbocycles. The zero-order chi connectivity index (χ0) is 26.2. The second-order valence-corrected chi connectivity index (χ2v) is 9.22. The number of hydrogen-bond acceptors (Lipinski definition) is 0. The molecule has 0 saturated heterocycles. The van der Waals surface area contributed by atoms with Gasteiger partial charge in [0.1, 0.15) is 0 Å². The summed E-state index contributed by atoms with van der Waals surface area (Å²) in [6.07, 6.45) is 7.68. The summed E-state index contributed by atoms with van der Waals surface area (Å²) < 4.78 is 4.50. The molecular weight excluding hydrogens is 460 g/mol. The first-order chi connectivity index (χ1) is 18.7. The molecule has 0 aliphatic rings. The Balaban J connectivity index is 1.58. The van der Waals surface area contributed by atoms with E-state index >= 15 is 0 Å². The van der Waals surface area contributed by atoms with Crippen LogP contribution in [0.4, 0.5) is 0 Å². The standard InChI is InChI=1S/C36H28N2/c1-5-29-31-23-25(19-21-35(31)37(33(29)7-3)27-15-11-9-12-16-27)26-20-22-36-32(24-26)30(6-2)34(8-4)38(36)28-17-13-10-14-18-28/h5-24H,1-4H2. The summed E-state index contributed by atoms with van der Waals surface area (Å²) in [7, 11) is 0. The van der Waals surface area contributed by atoms with Crippen LogP contribution in [0.3, 0.4) is 0 Å². The molecular formula is C36H28N2. The molecule has 0 unspecified atom stereocenters. The van der Waals surface area contributed by atoms with Gasteiger partial charge in [0.05, 0.1) is 22.4 Å². The maximum atomic E-state index is 4.13. The molecule has 6 aromatic rings. The van der Waals surface area contributed by atoms with Crippen LogP contribution in [0.2, 0.25) is 0 Å². The lowest BCUT2D eigenvalue weighted by Crippen LogP contribution is -1.96. The lowest BCUT2D eigenvalue weighted by atomic mass is 9.99. The molecule has 38 heavy (non-hydrogen) atoms. The van der Waals surface area contributed by atoms with Crippen LogP contribution in [0.25, 0.3) is 68.6 Å². The third-order valence-corrected chi connectivity index (χ3v) is 7.25. The zero-order valence-corrected chi connectivity index (χ0v) is 21.3. The normalized spacial score (nSPS) is 11.1. The maximum absolute atomic E-state index is 4.13. The minimum absolute atomic E-state index is 1.04. The van der Waals surface area contributed by atoms with Gasteiger partial charge in [-0.25, -0.2) is 0 Å². The Morgan fingerprint density at radius 2 is 0.842 bits per heavy atom. The molecule has 182 valence electrons. The van der Waals surface area contributed by atoms with Crippen molar-refractivity contribution in [3.8, 4) is 22.5 Å². The highest BCUT2D eigenvalue weighted by Crippen LogP contribution is 2.37. The molecule has 2 nitrogen and oxygen atoms in total. The van der Waals surface area contributed by atoms with Crippen LogP contribution in [0.1, 0.15) is 22.5 Å². The van der Waals surface area contributed by atoms with Gasteiger partial charge in [0.2, 0.25) is 0 Å². The van der Waals surface area contributed by atoms with Gasteiger partial charge < -0.3 is 9.13 Å². The molecule has 4 aromatic carbocycles. The van der Waals surface area contributed by atoms with E-state index in [1.807, 2.05) is 36.4 Å². The van der Waals surface area contributed by atoms with Crippen LogP contribution in [-0.2, 0) is 0 Å². The molecule has 2 aromatic heterocycles. The third kappa shape index (κ3) is 3.50. The molecule has 2 heteroatoms. The SMILES string of the molecule is C=Cc1c(C=C)n(-c2ccccc2)c2ccc(-c3ccc4c(c3)c(C=C)c(C=C)n4-c3ccccc3)cc12. The Kier molecular flexibility index (Phi) is 5.78. The fourth-order valence-corrected chi connectivity index (χ4v) is 5.57. The Morgan fingerprint density at radius 1 is 0.447 bits per heavy atom. The van der Waals surface area contributed by atoms with Gasteiger partial charge in [0.25, 0.3) is 0 Å². The van der Waals surface area contributed by atoms with Crippen molar-refractivity contribution in [2.24, 2.45) is 0 Å². The van der Waals surface area contributed by atoms with Crippen molar-refractivity contribution in [1.82, 2.24) is 9.13 Å². The molecule has 0 fully saturated rings. The fourth-order valence-electron chi connectivity index (χ4n) is 5.57. The molecule has 0 radical (unpaired) electrons. The third-order valence-electron chi connectivity index (χ3n) is 7.25. The number of fused-ring (bicyclic) bond motifs is 2. The van der Waals surface area contributed by atoms with Gasteiger partial charge in [-0.05, 0) is 71.8 Å². The van der Waals surface area contributed by atoms with E-state index in [1.54, 1.807) is 0 Å². The Labute approximate surface area is 223 Å². The highest BCUT2D eigenvalue weighted by Gasteiger charge is 2.18. The van der Waals surface area contributed by atoms with Crippen molar-refractivity contribution in [2.75, 3.05) is 0 Å². The van der Waals surface area contributed by atoms with E-state index in [0.29, 0.717) is 0 Å². The van der Waals surface area contributed by atoms with Crippen LogP contribution < -0.4 is 0 Å². The van der Waals surface area contributed by atoms with Crippen LogP contribution in [0.15, 0.2) is 123 Å². The highest BCUT2D eigenvalue weighted by molar-refractivity contribution is 6.00. The first-order valence-electron chi connectivity index (χ1n) is 12.7. The second kappa shape index (κ2) is 9.42. The summed E-state index contributed by atoms with van der Waals surface area (Å²) in [5.74, 6) is 0. The molecule has 6 rings (SSSR count). The van der Waals surface area contributed by atoms with E-state index < -0.39 is 0 Å². The lowest BCUT2D eigenvalue weighted by molar-refractivity contribution is 1.11. The molecule has 2 heterocycles. The van der Waals surface area contributed by atoms with Crippen LogP contribution in [-0.4, -0.2) is 9.13 Å². The zero-order valence-electron chi connectivity index (χ0n) is 21.3. The van der Waals surface area contributed by atoms with Crippen molar-refractivity contribution in [3.05, 3.63) is 146 Å². The van der Waals surface area contributed by atoms with E-state index in [1.165, 1.54) is 0 Å². The van der Waals surface area contributed by atoms with Crippen LogP contribution >= 0.6 is 0 Å². The number of nitrogens with zero attached hydrogens (tertiary/aromatic N) is 2. The van der Waals surface area contributed by atoms with Crippen molar-refractivity contribution in [1.29, 1.82) is 0 Å². The maximum Gasteiger partial charge on any atom is 0.0541 e. The number of benzene rings is 4. The Morgan fingerprint density at radius 3 is 1.18 bits per heavy atom. The van der Waals surface area contributed by atoms with Gasteiger partial charge in [-0.15, -0.1) is 0 Å². The molecule has 0 bridgehead atoms. The number of hydrogen-bond donors (Lipinski definition) is 0. The van der Waals surface area contributed by atoms with Crippen molar-refractivity contribution < 1.29 is 0 Å². The van der Waals surface area contributed by atoms with E-state index in [-0.39, 0.29) is 0 Å². The first-order valence-corrected chi connectivity index (χ1v) is 12.7. The molecule has 0 N–H and O–H groups in total. The van der Waals surface area contributed by atoms with E-state index in [0.717, 1.165) is 66.8 Å². The minimum Gasteiger partial charge on any atom is -0.309 e. The Bertz CT molecular complexity index is 1720. The van der Waals surface area contributed by atoms with E-state index in [2.05, 4.69) is 120 Å². The predicted octanol–water partition coefficient (Wildman–Crippen LogP) is 9.81. The summed E-state index contributed by atoms with van der Waals surface area (Å²) >= 11 is 0. The van der Waals surface area contributed by atoms with Crippen molar-refractivity contribution in [3.63, 3.8) is 0 Å². The minimum atomic E-state index is 1.04. The Hall–Kier alpha value is -5.08. The highest BCUT2D eigenvalue weighted by atomic mass is 15.0. The molecule has 0 aliphatic heterocycles.